The molecule has 1 N–H and O–H groups in total. The summed E-state index contributed by atoms with van der Waals surface area (Å²) >= 11 is 0. The number of likely N-dealkylation sites (N-methyl/N-ethyl adjacent to an activating group) is 1. The Kier molecular flexibility index (Phi) is 6.72. The molecule has 1 aromatic rings. The predicted octanol–water partition coefficient (Wildman–Crippen LogP) is 1.84. The lowest BCUT2D eigenvalue weighted by molar-refractivity contribution is -0.133. The summed E-state index contributed by atoms with van der Waals surface area (Å²) in [6, 6.07) is 7.34. The Morgan fingerprint density at radius 3 is 2.82 bits per heavy atom. The number of carbonyl (C=O) groups excluding carboxylic acids is 1. The molecule has 0 radical (unpaired) electrons. The normalized spacial score (nSPS) is 22.3. The number of nitrogens with zero attached hydrogens (tertiary/aromatic N) is 3. The van der Waals surface area contributed by atoms with Crippen molar-refractivity contribution in [2.24, 2.45) is 4.99 Å². The Hall–Kier alpha value is -1.93. The van der Waals surface area contributed by atoms with Crippen molar-refractivity contribution in [1.82, 2.24) is 14.5 Å². The number of amides is 1. The summed E-state index contributed by atoms with van der Waals surface area (Å²) in [5.41, 5.74) is 0.637. The molecule has 3 rings (SSSR count). The number of fused-ring (bicyclic) bond motifs is 1. The molecule has 1 fully saturated rings. The van der Waals surface area contributed by atoms with Crippen LogP contribution in [-0.2, 0) is 14.8 Å². The van der Waals surface area contributed by atoms with Gasteiger partial charge in [0, 0.05) is 37.7 Å². The van der Waals surface area contributed by atoms with E-state index in [1.807, 2.05) is 11.0 Å². The van der Waals surface area contributed by atoms with Crippen LogP contribution in [-0.4, -0.2) is 69.7 Å². The van der Waals surface area contributed by atoms with E-state index in [9.17, 15) is 13.2 Å². The van der Waals surface area contributed by atoms with E-state index in [1.54, 1.807) is 18.2 Å². The third-order valence-electron chi connectivity index (χ3n) is 5.46. The molecular formula is C20H30N4O3S. The molecule has 1 aromatic carbocycles. The minimum absolute atomic E-state index is 0.246. The maximum absolute atomic E-state index is 12.4. The molecule has 7 nitrogen and oxygen atoms in total. The van der Waals surface area contributed by atoms with Crippen LogP contribution in [0.3, 0.4) is 0 Å². The second-order valence-corrected chi connectivity index (χ2v) is 9.39. The Morgan fingerprint density at radius 2 is 2.04 bits per heavy atom. The summed E-state index contributed by atoms with van der Waals surface area (Å²) in [7, 11) is 0.674. The van der Waals surface area contributed by atoms with Crippen molar-refractivity contribution < 1.29 is 13.2 Å². The quantitative estimate of drug-likeness (QED) is 0.701. The number of rotatable bonds is 7. The van der Waals surface area contributed by atoms with Gasteiger partial charge in [0.15, 0.2) is 0 Å². The summed E-state index contributed by atoms with van der Waals surface area (Å²) in [4.78, 5) is 21.3. The third-order valence-corrected chi connectivity index (χ3v) is 6.86. The number of unbranched alkanes of at least 4 members (excludes halogenated alkanes) is 2. The van der Waals surface area contributed by atoms with Crippen LogP contribution >= 0.6 is 0 Å². The molecule has 1 saturated heterocycles. The van der Waals surface area contributed by atoms with Gasteiger partial charge in [-0.2, -0.15) is 0 Å². The highest BCUT2D eigenvalue weighted by Crippen LogP contribution is 2.22. The molecule has 0 aliphatic carbocycles. The van der Waals surface area contributed by atoms with Crippen molar-refractivity contribution in [2.75, 3.05) is 33.7 Å². The van der Waals surface area contributed by atoms with E-state index < -0.39 is 10.0 Å². The van der Waals surface area contributed by atoms with Crippen LogP contribution in [0.2, 0.25) is 0 Å². The number of carbonyl (C=O) groups is 1. The van der Waals surface area contributed by atoms with Crippen LogP contribution in [0.15, 0.2) is 34.2 Å². The zero-order valence-electron chi connectivity index (χ0n) is 16.7. The Balaban J connectivity index is 1.40. The topological polar surface area (TPSA) is 82.1 Å². The van der Waals surface area contributed by atoms with E-state index in [0.717, 1.165) is 45.2 Å². The highest BCUT2D eigenvalue weighted by Gasteiger charge is 2.30. The van der Waals surface area contributed by atoms with Crippen molar-refractivity contribution in [3.05, 3.63) is 29.8 Å². The van der Waals surface area contributed by atoms with Crippen molar-refractivity contribution in [1.29, 1.82) is 0 Å². The molecule has 2 heterocycles. The summed E-state index contributed by atoms with van der Waals surface area (Å²) < 4.78 is 26.6. The third kappa shape index (κ3) is 4.91. The molecule has 8 heteroatoms. The summed E-state index contributed by atoms with van der Waals surface area (Å²) in [6.45, 7) is 2.25. The highest BCUT2D eigenvalue weighted by molar-refractivity contribution is 7.90. The second-order valence-electron chi connectivity index (χ2n) is 7.74. The molecule has 2 aliphatic heterocycles. The number of benzene rings is 1. The molecule has 2 aliphatic rings. The molecular weight excluding hydrogens is 376 g/mol. The van der Waals surface area contributed by atoms with Crippen molar-refractivity contribution >= 4 is 21.8 Å². The van der Waals surface area contributed by atoms with Gasteiger partial charge in [0.25, 0.3) is 10.0 Å². The first kappa shape index (κ1) is 20.8. The van der Waals surface area contributed by atoms with Crippen molar-refractivity contribution in [2.45, 2.75) is 49.5 Å². The number of hydrogen-bond acceptors (Lipinski definition) is 5. The summed E-state index contributed by atoms with van der Waals surface area (Å²) in [6.07, 6.45) is 5.39. The second kappa shape index (κ2) is 9.05. The summed E-state index contributed by atoms with van der Waals surface area (Å²) in [5, 5.41) is 0. The number of nitrogens with one attached hydrogen (secondary N) is 1. The fraction of sp³-hybridized carbons (Fsp3) is 0.600. The summed E-state index contributed by atoms with van der Waals surface area (Å²) in [5.74, 6) is 0.671. The minimum Gasteiger partial charge on any atom is -0.341 e. The largest absolute Gasteiger partial charge is 0.341 e. The number of likely N-dealkylation sites (tertiary alicyclic amines) is 1. The molecule has 1 unspecified atom stereocenters. The van der Waals surface area contributed by atoms with Gasteiger partial charge in [-0.3, -0.25) is 14.5 Å². The lowest BCUT2D eigenvalue weighted by atomic mass is 10.0. The average Bonchev–Trinajstić information content (AvgIpc) is 2.95. The van der Waals surface area contributed by atoms with E-state index in [2.05, 4.69) is 28.7 Å². The smallest absolute Gasteiger partial charge is 0.263 e. The molecule has 154 valence electrons. The van der Waals surface area contributed by atoms with Gasteiger partial charge < -0.3 is 9.80 Å². The molecule has 1 atom stereocenters. The molecule has 1 amide bonds. The predicted molar refractivity (Wildman–Crippen MR) is 110 cm³/mol. The van der Waals surface area contributed by atoms with E-state index in [1.165, 1.54) is 0 Å². The molecule has 28 heavy (non-hydrogen) atoms. The van der Waals surface area contributed by atoms with Gasteiger partial charge in [-0.25, -0.2) is 8.42 Å². The van der Waals surface area contributed by atoms with Crippen LogP contribution in [0.25, 0.3) is 0 Å². The molecule has 0 spiro atoms. The van der Waals surface area contributed by atoms with Crippen LogP contribution in [0.5, 0.6) is 0 Å². The van der Waals surface area contributed by atoms with E-state index in [-0.39, 0.29) is 10.8 Å². The van der Waals surface area contributed by atoms with Gasteiger partial charge in [-0.15, -0.1) is 0 Å². The van der Waals surface area contributed by atoms with Gasteiger partial charge in [-0.05, 0) is 51.9 Å². The first-order valence-electron chi connectivity index (χ1n) is 9.99. The zero-order chi connectivity index (χ0) is 20.1. The van der Waals surface area contributed by atoms with E-state index in [4.69, 9.17) is 0 Å². The number of sulfonamides is 1. The van der Waals surface area contributed by atoms with E-state index in [0.29, 0.717) is 30.4 Å². The fourth-order valence-corrected chi connectivity index (χ4v) is 5.02. The van der Waals surface area contributed by atoms with Crippen LogP contribution in [0.1, 0.15) is 44.1 Å². The van der Waals surface area contributed by atoms with Gasteiger partial charge in [0.1, 0.15) is 5.84 Å². The molecule has 0 aromatic heterocycles. The molecule has 0 bridgehead atoms. The van der Waals surface area contributed by atoms with Crippen LogP contribution in [0.4, 0.5) is 0 Å². The number of aliphatic imine (C=N–C) groups is 1. The zero-order valence-corrected chi connectivity index (χ0v) is 17.5. The highest BCUT2D eigenvalue weighted by atomic mass is 32.2. The van der Waals surface area contributed by atoms with Gasteiger partial charge in [0.05, 0.1) is 4.90 Å². The molecule has 0 saturated carbocycles. The first-order chi connectivity index (χ1) is 13.4. The van der Waals surface area contributed by atoms with Gasteiger partial charge in [0.2, 0.25) is 5.91 Å². The van der Waals surface area contributed by atoms with E-state index >= 15 is 0 Å². The minimum atomic E-state index is -3.47. The number of amidine groups is 1. The van der Waals surface area contributed by atoms with Gasteiger partial charge in [-0.1, -0.05) is 18.6 Å². The Morgan fingerprint density at radius 1 is 1.25 bits per heavy atom. The Labute approximate surface area is 167 Å². The monoisotopic (exact) mass is 406 g/mol. The van der Waals surface area contributed by atoms with Crippen LogP contribution < -0.4 is 4.72 Å². The van der Waals surface area contributed by atoms with Crippen molar-refractivity contribution in [3.8, 4) is 0 Å². The lowest BCUT2D eigenvalue weighted by Crippen LogP contribution is -2.47. The lowest BCUT2D eigenvalue weighted by Gasteiger charge is -2.36. The van der Waals surface area contributed by atoms with Gasteiger partial charge >= 0.3 is 0 Å². The number of hydrogen-bond donors (Lipinski definition) is 1. The average molecular weight is 407 g/mol. The number of piperidine rings is 1. The fourth-order valence-electron chi connectivity index (χ4n) is 3.77. The maximum Gasteiger partial charge on any atom is 0.263 e. The van der Waals surface area contributed by atoms with Crippen LogP contribution in [0, 0.1) is 0 Å². The standard InChI is InChI=1S/C20H30N4O3S/c1-23(2)16-9-8-14-24(15-16)19(25)12-4-3-7-13-21-20-17-10-5-6-11-18(17)28(26,27)22-20/h5-6,10-11,16H,3-4,7-9,12-15H2,1-2H3,(H,21,22). The first-order valence-corrected chi connectivity index (χ1v) is 11.5. The van der Waals surface area contributed by atoms with Crippen molar-refractivity contribution in [3.63, 3.8) is 0 Å². The maximum atomic E-state index is 12.4. The Bertz CT molecular complexity index is 836. The SMILES string of the molecule is CN(C)C1CCCN(C(=O)CCCCCN=C2NS(=O)(=O)c3ccccc32)C1.